The molecule has 4 heteroatoms. The number of hydrogen-bond donors (Lipinski definition) is 2. The van der Waals surface area contributed by atoms with Crippen LogP contribution in [0.3, 0.4) is 0 Å². The van der Waals surface area contributed by atoms with Crippen LogP contribution in [0.25, 0.3) is 0 Å². The van der Waals surface area contributed by atoms with Crippen molar-refractivity contribution >= 4 is 5.97 Å². The Kier molecular flexibility index (Phi) is 3.21. The fraction of sp³-hybridized carbons (Fsp3) is 0.200. The standard InChI is InChI=1S/C10H9NO3/c11-6-7-1-3-8(4-2-7)9(12)5-10(13)14/h1-4,9,12H,5H2,(H,13,14)/t9-/m1/s1. The Hall–Kier alpha value is -1.86. The lowest BCUT2D eigenvalue weighted by Crippen LogP contribution is -2.05. The summed E-state index contributed by atoms with van der Waals surface area (Å²) < 4.78 is 0. The maximum Gasteiger partial charge on any atom is 0.306 e. The molecule has 0 aromatic heterocycles. The van der Waals surface area contributed by atoms with Gasteiger partial charge in [0.2, 0.25) is 0 Å². The highest BCUT2D eigenvalue weighted by atomic mass is 16.4. The predicted octanol–water partition coefficient (Wildman–Crippen LogP) is 1.07. The number of carbonyl (C=O) groups is 1. The summed E-state index contributed by atoms with van der Waals surface area (Å²) in [5.74, 6) is -1.05. The summed E-state index contributed by atoms with van der Waals surface area (Å²) in [6, 6.07) is 8.12. The Labute approximate surface area is 81.0 Å². The van der Waals surface area contributed by atoms with Gasteiger partial charge in [-0.1, -0.05) is 12.1 Å². The molecule has 2 N–H and O–H groups in total. The van der Waals surface area contributed by atoms with Gasteiger partial charge in [-0.3, -0.25) is 4.79 Å². The first kappa shape index (κ1) is 10.2. The van der Waals surface area contributed by atoms with Crippen molar-refractivity contribution in [2.45, 2.75) is 12.5 Å². The number of aliphatic hydroxyl groups excluding tert-OH is 1. The first-order valence-corrected chi connectivity index (χ1v) is 4.03. The minimum absolute atomic E-state index is 0.327. The molecule has 0 saturated heterocycles. The Balaban J connectivity index is 2.77. The molecule has 72 valence electrons. The third-order valence-corrected chi connectivity index (χ3v) is 1.79. The normalized spacial score (nSPS) is 11.7. The zero-order chi connectivity index (χ0) is 10.6. The molecular weight excluding hydrogens is 182 g/mol. The van der Waals surface area contributed by atoms with Gasteiger partial charge in [-0.2, -0.15) is 5.26 Å². The fourth-order valence-corrected chi connectivity index (χ4v) is 1.06. The lowest BCUT2D eigenvalue weighted by atomic mass is 10.1. The van der Waals surface area contributed by atoms with Crippen LogP contribution in [0.2, 0.25) is 0 Å². The van der Waals surface area contributed by atoms with E-state index in [1.165, 1.54) is 0 Å². The van der Waals surface area contributed by atoms with Crippen LogP contribution in [-0.4, -0.2) is 16.2 Å². The Morgan fingerprint density at radius 2 is 2.00 bits per heavy atom. The molecule has 4 nitrogen and oxygen atoms in total. The maximum absolute atomic E-state index is 10.3. The minimum atomic E-state index is -1.05. The van der Waals surface area contributed by atoms with Crippen molar-refractivity contribution < 1.29 is 15.0 Å². The van der Waals surface area contributed by atoms with Crippen molar-refractivity contribution in [3.8, 4) is 6.07 Å². The molecule has 0 bridgehead atoms. The van der Waals surface area contributed by atoms with Gasteiger partial charge in [0.1, 0.15) is 0 Å². The molecule has 1 aromatic carbocycles. The fourth-order valence-electron chi connectivity index (χ4n) is 1.06. The van der Waals surface area contributed by atoms with Gasteiger partial charge in [0.25, 0.3) is 0 Å². The SMILES string of the molecule is N#Cc1ccc([C@H](O)CC(=O)O)cc1. The quantitative estimate of drug-likeness (QED) is 0.748. The zero-order valence-corrected chi connectivity index (χ0v) is 7.34. The van der Waals surface area contributed by atoms with Gasteiger partial charge in [0.15, 0.2) is 0 Å². The second-order valence-electron chi connectivity index (χ2n) is 2.85. The smallest absolute Gasteiger partial charge is 0.306 e. The third-order valence-electron chi connectivity index (χ3n) is 1.79. The van der Waals surface area contributed by atoms with Gasteiger partial charge in [0.05, 0.1) is 24.2 Å². The number of aliphatic hydroxyl groups is 1. The van der Waals surface area contributed by atoms with E-state index in [2.05, 4.69) is 0 Å². The van der Waals surface area contributed by atoms with Crippen LogP contribution in [0.15, 0.2) is 24.3 Å². The molecule has 0 saturated carbocycles. The molecule has 0 unspecified atom stereocenters. The highest BCUT2D eigenvalue weighted by Crippen LogP contribution is 2.16. The molecule has 0 radical (unpaired) electrons. The van der Waals surface area contributed by atoms with E-state index in [9.17, 15) is 9.90 Å². The topological polar surface area (TPSA) is 81.3 Å². The van der Waals surface area contributed by atoms with Crippen LogP contribution < -0.4 is 0 Å². The molecule has 1 aromatic rings. The van der Waals surface area contributed by atoms with E-state index in [1.54, 1.807) is 24.3 Å². The number of benzene rings is 1. The largest absolute Gasteiger partial charge is 0.481 e. The summed E-state index contributed by atoms with van der Waals surface area (Å²) in [6.07, 6.45) is -1.34. The first-order valence-electron chi connectivity index (χ1n) is 4.03. The molecule has 0 fully saturated rings. The van der Waals surface area contributed by atoms with Crippen LogP contribution in [0.4, 0.5) is 0 Å². The zero-order valence-electron chi connectivity index (χ0n) is 7.34. The molecule has 0 amide bonds. The van der Waals surface area contributed by atoms with Gasteiger partial charge in [-0.25, -0.2) is 0 Å². The molecule has 0 spiro atoms. The molecule has 1 rings (SSSR count). The molecule has 0 aliphatic heterocycles. The average molecular weight is 191 g/mol. The summed E-state index contributed by atoms with van der Waals surface area (Å²) in [5, 5.41) is 26.3. The van der Waals surface area contributed by atoms with E-state index in [0.717, 1.165) is 0 Å². The van der Waals surface area contributed by atoms with Gasteiger partial charge in [-0.15, -0.1) is 0 Å². The maximum atomic E-state index is 10.3. The third kappa shape index (κ3) is 2.57. The number of nitriles is 1. The highest BCUT2D eigenvalue weighted by Gasteiger charge is 2.11. The number of nitrogens with zero attached hydrogens (tertiary/aromatic N) is 1. The van der Waals surface area contributed by atoms with Crippen LogP contribution in [0.5, 0.6) is 0 Å². The monoisotopic (exact) mass is 191 g/mol. The summed E-state index contributed by atoms with van der Waals surface area (Å²) in [7, 11) is 0. The summed E-state index contributed by atoms with van der Waals surface area (Å²) >= 11 is 0. The van der Waals surface area contributed by atoms with E-state index < -0.39 is 12.1 Å². The van der Waals surface area contributed by atoms with Crippen LogP contribution >= 0.6 is 0 Å². The summed E-state index contributed by atoms with van der Waals surface area (Å²) in [6.45, 7) is 0. The lowest BCUT2D eigenvalue weighted by molar-refractivity contribution is -0.139. The second-order valence-corrected chi connectivity index (χ2v) is 2.85. The van der Waals surface area contributed by atoms with E-state index in [-0.39, 0.29) is 6.42 Å². The first-order chi connectivity index (χ1) is 6.63. The average Bonchev–Trinajstić information content (AvgIpc) is 2.17. The van der Waals surface area contributed by atoms with Crippen molar-refractivity contribution in [3.63, 3.8) is 0 Å². The number of carboxylic acids is 1. The molecule has 0 heterocycles. The molecular formula is C10H9NO3. The minimum Gasteiger partial charge on any atom is -0.481 e. The van der Waals surface area contributed by atoms with Gasteiger partial charge < -0.3 is 10.2 Å². The van der Waals surface area contributed by atoms with E-state index in [1.807, 2.05) is 6.07 Å². The Morgan fingerprint density at radius 3 is 2.43 bits per heavy atom. The van der Waals surface area contributed by atoms with Crippen LogP contribution in [0, 0.1) is 11.3 Å². The molecule has 14 heavy (non-hydrogen) atoms. The molecule has 0 aliphatic carbocycles. The van der Waals surface area contributed by atoms with Crippen molar-refractivity contribution in [2.24, 2.45) is 0 Å². The van der Waals surface area contributed by atoms with Gasteiger partial charge in [0, 0.05) is 0 Å². The van der Waals surface area contributed by atoms with Crippen molar-refractivity contribution in [1.29, 1.82) is 5.26 Å². The van der Waals surface area contributed by atoms with E-state index in [4.69, 9.17) is 10.4 Å². The number of hydrogen-bond acceptors (Lipinski definition) is 3. The molecule has 0 aliphatic rings. The Morgan fingerprint density at radius 1 is 1.43 bits per heavy atom. The van der Waals surface area contributed by atoms with Crippen molar-refractivity contribution in [3.05, 3.63) is 35.4 Å². The summed E-state index contributed by atoms with van der Waals surface area (Å²) in [5.41, 5.74) is 0.989. The van der Waals surface area contributed by atoms with Crippen molar-refractivity contribution in [1.82, 2.24) is 0 Å². The van der Waals surface area contributed by atoms with E-state index in [0.29, 0.717) is 11.1 Å². The number of carboxylic acid groups (broad SMARTS) is 1. The van der Waals surface area contributed by atoms with Crippen molar-refractivity contribution in [2.75, 3.05) is 0 Å². The summed E-state index contributed by atoms with van der Waals surface area (Å²) in [4.78, 5) is 10.3. The lowest BCUT2D eigenvalue weighted by Gasteiger charge is -2.07. The number of rotatable bonds is 3. The van der Waals surface area contributed by atoms with Crippen LogP contribution in [0.1, 0.15) is 23.7 Å². The highest BCUT2D eigenvalue weighted by molar-refractivity contribution is 5.67. The Bertz CT molecular complexity index is 364. The van der Waals surface area contributed by atoms with E-state index >= 15 is 0 Å². The van der Waals surface area contributed by atoms with Crippen LogP contribution in [-0.2, 0) is 4.79 Å². The number of aliphatic carboxylic acids is 1. The predicted molar refractivity (Wildman–Crippen MR) is 48.4 cm³/mol. The second kappa shape index (κ2) is 4.40. The van der Waals surface area contributed by atoms with Gasteiger partial charge >= 0.3 is 5.97 Å². The molecule has 1 atom stereocenters. The van der Waals surface area contributed by atoms with Gasteiger partial charge in [-0.05, 0) is 17.7 Å².